The quantitative estimate of drug-likeness (QED) is 0.357. The molecule has 2 heterocycles. The van der Waals surface area contributed by atoms with Gasteiger partial charge in [-0.1, -0.05) is 18.2 Å². The van der Waals surface area contributed by atoms with Crippen molar-refractivity contribution in [3.63, 3.8) is 0 Å². The summed E-state index contributed by atoms with van der Waals surface area (Å²) in [5.74, 6) is 0.0114. The summed E-state index contributed by atoms with van der Waals surface area (Å²) < 4.78 is 6.74. The number of rotatable bonds is 8. The molecule has 0 radical (unpaired) electrons. The van der Waals surface area contributed by atoms with Crippen LogP contribution in [0.3, 0.4) is 0 Å². The number of fused-ring (bicyclic) bond motifs is 1. The van der Waals surface area contributed by atoms with Gasteiger partial charge < -0.3 is 10.1 Å². The van der Waals surface area contributed by atoms with Gasteiger partial charge in [0.15, 0.2) is 12.3 Å². The number of thioether (sulfide) groups is 1. The summed E-state index contributed by atoms with van der Waals surface area (Å²) in [6, 6.07) is 11.8. The van der Waals surface area contributed by atoms with Crippen LogP contribution in [0.15, 0.2) is 47.5 Å². The molecular weight excluding hydrogens is 376 g/mol. The molecule has 146 valence electrons. The molecule has 7 nitrogen and oxygen atoms in total. The molecule has 0 atom stereocenters. The highest BCUT2D eigenvalue weighted by atomic mass is 32.2. The lowest BCUT2D eigenvalue weighted by molar-refractivity contribution is -0.124. The van der Waals surface area contributed by atoms with Gasteiger partial charge in [-0.15, -0.1) is 11.8 Å². The standard InChI is InChI=1S/C20H22N4O3S/c1-14-17-11-15(12-22-19(17)24(2)23-14)20(26)27-13-18(25)21-9-6-10-28-16-7-4-3-5-8-16/h3-5,7-8,11-12H,6,9-10,13H2,1-2H3,(H,21,25). The smallest absolute Gasteiger partial charge is 0.340 e. The first-order valence-corrected chi connectivity index (χ1v) is 9.94. The topological polar surface area (TPSA) is 86.1 Å². The van der Waals surface area contributed by atoms with Crippen LogP contribution in [-0.4, -0.2) is 45.5 Å². The maximum Gasteiger partial charge on any atom is 0.340 e. The average molecular weight is 398 g/mol. The number of nitrogens with one attached hydrogen (secondary N) is 1. The third-order valence-corrected chi connectivity index (χ3v) is 5.19. The van der Waals surface area contributed by atoms with Crippen molar-refractivity contribution in [1.82, 2.24) is 20.1 Å². The molecule has 3 aromatic rings. The van der Waals surface area contributed by atoms with Gasteiger partial charge in [-0.2, -0.15) is 5.10 Å². The highest BCUT2D eigenvalue weighted by Gasteiger charge is 2.14. The molecule has 3 rings (SSSR count). The number of amides is 1. The zero-order chi connectivity index (χ0) is 19.9. The van der Waals surface area contributed by atoms with Gasteiger partial charge in [-0.25, -0.2) is 9.78 Å². The number of aromatic nitrogens is 3. The van der Waals surface area contributed by atoms with E-state index < -0.39 is 5.97 Å². The van der Waals surface area contributed by atoms with Gasteiger partial charge in [0.1, 0.15) is 0 Å². The first kappa shape index (κ1) is 19.9. The van der Waals surface area contributed by atoms with E-state index in [9.17, 15) is 9.59 Å². The summed E-state index contributed by atoms with van der Waals surface area (Å²) in [5, 5.41) is 7.82. The van der Waals surface area contributed by atoms with Crippen LogP contribution in [0.25, 0.3) is 11.0 Å². The molecule has 0 bridgehead atoms. The third kappa shape index (κ3) is 5.10. The summed E-state index contributed by atoms with van der Waals surface area (Å²) in [7, 11) is 1.79. The van der Waals surface area contributed by atoms with Gasteiger partial charge in [-0.3, -0.25) is 9.48 Å². The van der Waals surface area contributed by atoms with E-state index in [4.69, 9.17) is 4.74 Å². The molecule has 1 amide bonds. The Balaban J connectivity index is 1.39. The van der Waals surface area contributed by atoms with Crippen LogP contribution in [0, 0.1) is 6.92 Å². The second-order valence-electron chi connectivity index (χ2n) is 6.25. The molecular formula is C20H22N4O3S. The summed E-state index contributed by atoms with van der Waals surface area (Å²) in [6.45, 7) is 2.08. The predicted octanol–water partition coefficient (Wildman–Crippen LogP) is 2.73. The number of pyridine rings is 1. The van der Waals surface area contributed by atoms with Gasteiger partial charge in [0.25, 0.3) is 5.91 Å². The molecule has 0 aliphatic carbocycles. The lowest BCUT2D eigenvalue weighted by Crippen LogP contribution is -2.29. The van der Waals surface area contributed by atoms with Gasteiger partial charge in [-0.05, 0) is 37.3 Å². The second-order valence-corrected chi connectivity index (χ2v) is 7.41. The summed E-state index contributed by atoms with van der Waals surface area (Å²) >= 11 is 1.74. The molecule has 0 fully saturated rings. The lowest BCUT2D eigenvalue weighted by Gasteiger charge is -2.07. The summed E-state index contributed by atoms with van der Waals surface area (Å²) in [5.41, 5.74) is 1.78. The predicted molar refractivity (Wildman–Crippen MR) is 108 cm³/mol. The molecule has 1 N–H and O–H groups in total. The van der Waals surface area contributed by atoms with Crippen molar-refractivity contribution in [3.05, 3.63) is 53.9 Å². The highest BCUT2D eigenvalue weighted by molar-refractivity contribution is 7.99. The molecule has 0 unspecified atom stereocenters. The molecule has 8 heteroatoms. The largest absolute Gasteiger partial charge is 0.452 e. The van der Waals surface area contributed by atoms with E-state index in [0.29, 0.717) is 17.8 Å². The van der Waals surface area contributed by atoms with Crippen LogP contribution in [0.1, 0.15) is 22.5 Å². The molecule has 0 spiro atoms. The number of nitrogens with zero attached hydrogens (tertiary/aromatic N) is 3. The maximum absolute atomic E-state index is 12.2. The van der Waals surface area contributed by atoms with E-state index in [0.717, 1.165) is 23.3 Å². The van der Waals surface area contributed by atoms with Crippen molar-refractivity contribution in [3.8, 4) is 0 Å². The Hall–Kier alpha value is -2.87. The maximum atomic E-state index is 12.2. The van der Waals surface area contributed by atoms with Crippen LogP contribution >= 0.6 is 11.8 Å². The monoisotopic (exact) mass is 398 g/mol. The number of carbonyl (C=O) groups excluding carboxylic acids is 2. The van der Waals surface area contributed by atoms with Crippen molar-refractivity contribution in [2.45, 2.75) is 18.2 Å². The zero-order valence-electron chi connectivity index (χ0n) is 15.8. The van der Waals surface area contributed by atoms with Crippen LogP contribution in [-0.2, 0) is 16.6 Å². The minimum Gasteiger partial charge on any atom is -0.452 e. The number of hydrogen-bond acceptors (Lipinski definition) is 6. The lowest BCUT2D eigenvalue weighted by atomic mass is 10.2. The van der Waals surface area contributed by atoms with E-state index in [-0.39, 0.29) is 12.5 Å². The van der Waals surface area contributed by atoms with Gasteiger partial charge in [0.05, 0.1) is 11.3 Å². The molecule has 0 saturated heterocycles. The average Bonchev–Trinajstić information content (AvgIpc) is 3.00. The Kier molecular flexibility index (Phi) is 6.65. The minimum absolute atomic E-state index is 0.302. The van der Waals surface area contributed by atoms with E-state index >= 15 is 0 Å². The molecule has 28 heavy (non-hydrogen) atoms. The Morgan fingerprint density at radius 2 is 2.04 bits per heavy atom. The van der Waals surface area contributed by atoms with E-state index in [1.165, 1.54) is 11.1 Å². The summed E-state index contributed by atoms with van der Waals surface area (Å²) in [4.78, 5) is 29.5. The Morgan fingerprint density at radius 1 is 1.25 bits per heavy atom. The molecule has 0 aliphatic rings. The van der Waals surface area contributed by atoms with Crippen LogP contribution < -0.4 is 5.32 Å². The second kappa shape index (κ2) is 9.36. The van der Waals surface area contributed by atoms with Gasteiger partial charge in [0, 0.05) is 30.1 Å². The fraction of sp³-hybridized carbons (Fsp3) is 0.300. The molecule has 2 aromatic heterocycles. The Bertz CT molecular complexity index is 972. The van der Waals surface area contributed by atoms with Crippen LogP contribution in [0.2, 0.25) is 0 Å². The number of aryl methyl sites for hydroxylation is 2. The minimum atomic E-state index is -0.576. The zero-order valence-corrected chi connectivity index (χ0v) is 16.7. The van der Waals surface area contributed by atoms with E-state index in [1.54, 1.807) is 29.6 Å². The number of carbonyl (C=O) groups is 2. The van der Waals surface area contributed by atoms with E-state index in [2.05, 4.69) is 27.5 Å². The van der Waals surface area contributed by atoms with Crippen molar-refractivity contribution in [1.29, 1.82) is 0 Å². The van der Waals surface area contributed by atoms with Crippen molar-refractivity contribution in [2.24, 2.45) is 7.05 Å². The Morgan fingerprint density at radius 3 is 2.82 bits per heavy atom. The number of benzene rings is 1. The highest BCUT2D eigenvalue weighted by Crippen LogP contribution is 2.18. The fourth-order valence-corrected chi connectivity index (χ4v) is 3.57. The fourth-order valence-electron chi connectivity index (χ4n) is 2.69. The number of esters is 1. The van der Waals surface area contributed by atoms with Crippen molar-refractivity contribution in [2.75, 3.05) is 18.9 Å². The SMILES string of the molecule is Cc1nn(C)c2ncc(C(=O)OCC(=O)NCCCSc3ccccc3)cc12. The van der Waals surface area contributed by atoms with Crippen LogP contribution in [0.4, 0.5) is 0 Å². The Labute approximate surface area is 167 Å². The van der Waals surface area contributed by atoms with Crippen LogP contribution in [0.5, 0.6) is 0 Å². The first-order valence-electron chi connectivity index (χ1n) is 8.95. The first-order chi connectivity index (χ1) is 13.5. The number of hydrogen-bond donors (Lipinski definition) is 1. The normalized spacial score (nSPS) is 10.8. The van der Waals surface area contributed by atoms with Crippen molar-refractivity contribution < 1.29 is 14.3 Å². The number of ether oxygens (including phenoxy) is 1. The molecule has 0 aliphatic heterocycles. The van der Waals surface area contributed by atoms with E-state index in [1.807, 2.05) is 25.1 Å². The van der Waals surface area contributed by atoms with Gasteiger partial charge in [0.2, 0.25) is 0 Å². The molecule has 0 saturated carbocycles. The van der Waals surface area contributed by atoms with Gasteiger partial charge >= 0.3 is 5.97 Å². The molecule has 1 aromatic carbocycles. The third-order valence-electron chi connectivity index (χ3n) is 4.09. The van der Waals surface area contributed by atoms with Crippen molar-refractivity contribution >= 4 is 34.7 Å². The summed E-state index contributed by atoms with van der Waals surface area (Å²) in [6.07, 6.45) is 2.27.